The maximum absolute atomic E-state index is 11.4. The predicted molar refractivity (Wildman–Crippen MR) is 57.4 cm³/mol. The molecule has 0 saturated heterocycles. The number of urea groups is 1. The summed E-state index contributed by atoms with van der Waals surface area (Å²) in [6.07, 6.45) is -1.62. The molecule has 0 bridgehead atoms. The van der Waals surface area contributed by atoms with E-state index in [1.165, 1.54) is 4.90 Å². The second-order valence-electron chi connectivity index (χ2n) is 3.31. The van der Waals surface area contributed by atoms with Crippen LogP contribution in [-0.2, 0) is 4.79 Å². The van der Waals surface area contributed by atoms with Crippen molar-refractivity contribution in [1.82, 2.24) is 10.2 Å². The van der Waals surface area contributed by atoms with Gasteiger partial charge in [-0.2, -0.15) is 0 Å². The molecule has 8 heteroatoms. The highest BCUT2D eigenvalue weighted by atomic mass is 16.4. The Hall–Kier alpha value is -1.38. The van der Waals surface area contributed by atoms with Crippen LogP contribution in [0.1, 0.15) is 6.42 Å². The van der Waals surface area contributed by atoms with Gasteiger partial charge in [0.05, 0.1) is 13.2 Å². The average molecular weight is 250 g/mol. The molecule has 5 N–H and O–H groups in total. The number of amides is 2. The molecule has 0 saturated carbocycles. The molecule has 0 radical (unpaired) electrons. The molecular formula is C9H18N2O6. The van der Waals surface area contributed by atoms with E-state index in [0.29, 0.717) is 0 Å². The van der Waals surface area contributed by atoms with Gasteiger partial charge < -0.3 is 30.6 Å². The highest BCUT2D eigenvalue weighted by molar-refractivity contribution is 5.74. The Morgan fingerprint density at radius 2 is 1.71 bits per heavy atom. The fourth-order valence-corrected chi connectivity index (χ4v) is 1.11. The smallest absolute Gasteiger partial charge is 0.332 e. The normalized spacial score (nSPS) is 11.9. The molecule has 0 aliphatic rings. The molecule has 0 fully saturated rings. The zero-order valence-electron chi connectivity index (χ0n) is 9.37. The number of carbonyl (C=O) groups excluding carboxylic acids is 1. The molecule has 2 amide bonds. The van der Waals surface area contributed by atoms with Gasteiger partial charge in [0.2, 0.25) is 0 Å². The summed E-state index contributed by atoms with van der Waals surface area (Å²) < 4.78 is 0. The van der Waals surface area contributed by atoms with Crippen LogP contribution in [0.3, 0.4) is 0 Å². The van der Waals surface area contributed by atoms with E-state index in [2.05, 4.69) is 5.32 Å². The third-order valence-corrected chi connectivity index (χ3v) is 2.01. The summed E-state index contributed by atoms with van der Waals surface area (Å²) in [6.45, 7) is -0.308. The molecule has 17 heavy (non-hydrogen) atoms. The van der Waals surface area contributed by atoms with E-state index in [1.807, 2.05) is 0 Å². The van der Waals surface area contributed by atoms with Gasteiger partial charge in [-0.25, -0.2) is 9.59 Å². The van der Waals surface area contributed by atoms with E-state index < -0.39 is 18.1 Å². The van der Waals surface area contributed by atoms with E-state index in [-0.39, 0.29) is 39.3 Å². The number of carbonyl (C=O) groups is 2. The highest BCUT2D eigenvalue weighted by Crippen LogP contribution is 1.92. The molecule has 8 nitrogen and oxygen atoms in total. The molecule has 0 unspecified atom stereocenters. The number of hydrogen-bond acceptors (Lipinski definition) is 5. The number of aliphatic hydroxyl groups excluding tert-OH is 3. The van der Waals surface area contributed by atoms with Crippen LogP contribution in [0.25, 0.3) is 0 Å². The van der Waals surface area contributed by atoms with Gasteiger partial charge in [0, 0.05) is 26.1 Å². The second kappa shape index (κ2) is 8.74. The van der Waals surface area contributed by atoms with Gasteiger partial charge in [0.15, 0.2) is 6.10 Å². The molecular weight excluding hydrogens is 232 g/mol. The van der Waals surface area contributed by atoms with Gasteiger partial charge >= 0.3 is 12.0 Å². The first-order chi connectivity index (χ1) is 8.02. The summed E-state index contributed by atoms with van der Waals surface area (Å²) in [7, 11) is 0. The lowest BCUT2D eigenvalue weighted by molar-refractivity contribution is -0.146. The van der Waals surface area contributed by atoms with Crippen LogP contribution >= 0.6 is 0 Å². The van der Waals surface area contributed by atoms with Crippen LogP contribution in [0.2, 0.25) is 0 Å². The van der Waals surface area contributed by atoms with Crippen molar-refractivity contribution >= 4 is 12.0 Å². The lowest BCUT2D eigenvalue weighted by atomic mass is 10.2. The summed E-state index contributed by atoms with van der Waals surface area (Å²) in [5, 5.41) is 37.1. The number of nitrogens with one attached hydrogen (secondary N) is 1. The number of aliphatic carboxylic acids is 1. The Balaban J connectivity index is 3.92. The number of carboxylic acids is 1. The Morgan fingerprint density at radius 1 is 1.18 bits per heavy atom. The second-order valence-corrected chi connectivity index (χ2v) is 3.31. The van der Waals surface area contributed by atoms with Crippen molar-refractivity contribution in [2.75, 3.05) is 32.8 Å². The maximum Gasteiger partial charge on any atom is 0.332 e. The molecule has 0 rings (SSSR count). The standard InChI is InChI=1S/C9H18N2O6/c12-5-3-11(4-6-13)9(17)10-2-1-7(14)8(15)16/h7,12-14H,1-6H2,(H,10,17)(H,15,16)/t7-/m0/s1. The Labute approximate surface area is 98.5 Å². The van der Waals surface area contributed by atoms with E-state index in [4.69, 9.17) is 20.4 Å². The molecule has 0 aromatic carbocycles. The first-order valence-corrected chi connectivity index (χ1v) is 5.18. The third-order valence-electron chi connectivity index (χ3n) is 2.01. The minimum absolute atomic E-state index is 0.000340. The lowest BCUT2D eigenvalue weighted by Gasteiger charge is -2.21. The first kappa shape index (κ1) is 15.6. The molecule has 0 heterocycles. The van der Waals surface area contributed by atoms with Crippen LogP contribution in [0.15, 0.2) is 0 Å². The fourth-order valence-electron chi connectivity index (χ4n) is 1.11. The molecule has 0 spiro atoms. The van der Waals surface area contributed by atoms with Gasteiger partial charge in [-0.15, -0.1) is 0 Å². The largest absolute Gasteiger partial charge is 0.479 e. The lowest BCUT2D eigenvalue weighted by Crippen LogP contribution is -2.44. The fraction of sp³-hybridized carbons (Fsp3) is 0.778. The molecule has 100 valence electrons. The number of carboxylic acid groups (broad SMARTS) is 1. The number of aliphatic hydroxyl groups is 3. The Morgan fingerprint density at radius 3 is 2.12 bits per heavy atom. The van der Waals surface area contributed by atoms with Gasteiger partial charge in [0.1, 0.15) is 0 Å². The van der Waals surface area contributed by atoms with E-state index >= 15 is 0 Å². The topological polar surface area (TPSA) is 130 Å². The molecule has 0 aliphatic heterocycles. The molecule has 0 aliphatic carbocycles. The van der Waals surface area contributed by atoms with Gasteiger partial charge in [-0.1, -0.05) is 0 Å². The maximum atomic E-state index is 11.4. The van der Waals surface area contributed by atoms with Gasteiger partial charge in [-0.05, 0) is 0 Å². The van der Waals surface area contributed by atoms with Crippen molar-refractivity contribution < 1.29 is 30.0 Å². The van der Waals surface area contributed by atoms with Crippen LogP contribution in [-0.4, -0.2) is 76.3 Å². The zero-order valence-corrected chi connectivity index (χ0v) is 9.37. The monoisotopic (exact) mass is 250 g/mol. The molecule has 0 aromatic rings. The Kier molecular flexibility index (Phi) is 8.03. The predicted octanol–water partition coefficient (Wildman–Crippen LogP) is -2.18. The van der Waals surface area contributed by atoms with Crippen molar-refractivity contribution in [3.05, 3.63) is 0 Å². The first-order valence-electron chi connectivity index (χ1n) is 5.18. The van der Waals surface area contributed by atoms with Crippen LogP contribution in [0.5, 0.6) is 0 Å². The zero-order chi connectivity index (χ0) is 13.3. The van der Waals surface area contributed by atoms with Gasteiger partial charge in [0.25, 0.3) is 0 Å². The highest BCUT2D eigenvalue weighted by Gasteiger charge is 2.15. The summed E-state index contributed by atoms with van der Waals surface area (Å²) in [5.74, 6) is -1.35. The third kappa shape index (κ3) is 6.72. The van der Waals surface area contributed by atoms with Gasteiger partial charge in [-0.3, -0.25) is 0 Å². The summed E-state index contributed by atoms with van der Waals surface area (Å²) >= 11 is 0. The molecule has 0 aromatic heterocycles. The quantitative estimate of drug-likeness (QED) is 0.333. The summed E-state index contributed by atoms with van der Waals surface area (Å²) in [6, 6.07) is -0.523. The average Bonchev–Trinajstić information content (AvgIpc) is 2.28. The summed E-state index contributed by atoms with van der Waals surface area (Å²) in [5.41, 5.74) is 0. The number of nitrogens with zero attached hydrogens (tertiary/aromatic N) is 1. The van der Waals surface area contributed by atoms with E-state index in [0.717, 1.165) is 0 Å². The number of hydrogen-bond donors (Lipinski definition) is 5. The minimum atomic E-state index is -1.51. The van der Waals surface area contributed by atoms with Crippen molar-refractivity contribution in [3.8, 4) is 0 Å². The van der Waals surface area contributed by atoms with Crippen LogP contribution in [0.4, 0.5) is 4.79 Å². The SMILES string of the molecule is O=C(O)[C@@H](O)CCNC(=O)N(CCO)CCO. The molecule has 1 atom stereocenters. The number of rotatable bonds is 8. The van der Waals surface area contributed by atoms with Crippen molar-refractivity contribution in [2.45, 2.75) is 12.5 Å². The summed E-state index contributed by atoms with van der Waals surface area (Å²) in [4.78, 5) is 22.9. The van der Waals surface area contributed by atoms with E-state index in [1.54, 1.807) is 0 Å². The van der Waals surface area contributed by atoms with Crippen LogP contribution in [0, 0.1) is 0 Å². The van der Waals surface area contributed by atoms with Crippen molar-refractivity contribution in [1.29, 1.82) is 0 Å². The minimum Gasteiger partial charge on any atom is -0.479 e. The van der Waals surface area contributed by atoms with E-state index in [9.17, 15) is 9.59 Å². The van der Waals surface area contributed by atoms with Crippen LogP contribution < -0.4 is 5.32 Å². The van der Waals surface area contributed by atoms with Crippen molar-refractivity contribution in [2.24, 2.45) is 0 Å². The van der Waals surface area contributed by atoms with Crippen molar-refractivity contribution in [3.63, 3.8) is 0 Å². The Bertz CT molecular complexity index is 242.